The lowest BCUT2D eigenvalue weighted by molar-refractivity contribution is 0.183. The molecule has 2 atom stereocenters. The average molecular weight is 194 g/mol. The summed E-state index contributed by atoms with van der Waals surface area (Å²) >= 11 is 0. The van der Waals surface area contributed by atoms with Crippen molar-refractivity contribution in [1.82, 2.24) is 4.90 Å². The zero-order chi connectivity index (χ0) is 10.1. The van der Waals surface area contributed by atoms with Gasteiger partial charge in [-0.25, -0.2) is 0 Å². The molecule has 1 aromatic heterocycles. The molecule has 0 radical (unpaired) electrons. The first-order valence-electron chi connectivity index (χ1n) is 5.23. The molecule has 78 valence electrons. The van der Waals surface area contributed by atoms with Crippen LogP contribution in [0.4, 0.5) is 0 Å². The van der Waals surface area contributed by atoms with Crippen LogP contribution in [0.25, 0.3) is 0 Å². The number of likely N-dealkylation sites (tertiary alicyclic amines) is 1. The summed E-state index contributed by atoms with van der Waals surface area (Å²) < 4.78 is 5.45. The third kappa shape index (κ3) is 1.70. The van der Waals surface area contributed by atoms with E-state index in [1.54, 1.807) is 6.26 Å². The molecule has 1 saturated heterocycles. The lowest BCUT2D eigenvalue weighted by Crippen LogP contribution is -2.33. The van der Waals surface area contributed by atoms with E-state index in [1.807, 2.05) is 12.1 Å². The number of hydrogen-bond acceptors (Lipinski definition) is 3. The molecule has 14 heavy (non-hydrogen) atoms. The monoisotopic (exact) mass is 194 g/mol. The third-order valence-electron chi connectivity index (χ3n) is 2.91. The van der Waals surface area contributed by atoms with Gasteiger partial charge in [0.15, 0.2) is 0 Å². The summed E-state index contributed by atoms with van der Waals surface area (Å²) in [5.74, 6) is 1.05. The summed E-state index contributed by atoms with van der Waals surface area (Å²) in [6.07, 6.45) is 2.74. The van der Waals surface area contributed by atoms with Crippen LogP contribution in [0.5, 0.6) is 0 Å². The Balaban J connectivity index is 2.17. The molecule has 0 bridgehead atoms. The number of furan rings is 1. The molecular weight excluding hydrogens is 176 g/mol. The van der Waals surface area contributed by atoms with Crippen molar-refractivity contribution >= 4 is 0 Å². The van der Waals surface area contributed by atoms with Crippen LogP contribution in [-0.4, -0.2) is 23.5 Å². The number of nitrogens with zero attached hydrogens (tertiary/aromatic N) is 1. The summed E-state index contributed by atoms with van der Waals surface area (Å²) in [5.41, 5.74) is 5.98. The van der Waals surface area contributed by atoms with Crippen LogP contribution in [0, 0.1) is 0 Å². The molecule has 2 heterocycles. The molecule has 2 rings (SSSR count). The van der Waals surface area contributed by atoms with Crippen molar-refractivity contribution in [1.29, 1.82) is 0 Å². The second-order valence-corrected chi connectivity index (χ2v) is 4.32. The van der Waals surface area contributed by atoms with Gasteiger partial charge in [0.25, 0.3) is 0 Å². The second kappa shape index (κ2) is 3.75. The van der Waals surface area contributed by atoms with E-state index in [4.69, 9.17) is 10.2 Å². The van der Waals surface area contributed by atoms with Crippen LogP contribution < -0.4 is 5.73 Å². The summed E-state index contributed by atoms with van der Waals surface area (Å²) in [7, 11) is 0. The topological polar surface area (TPSA) is 42.4 Å². The molecular formula is C11H18N2O. The fraction of sp³-hybridized carbons (Fsp3) is 0.636. The molecule has 0 spiro atoms. The van der Waals surface area contributed by atoms with E-state index >= 15 is 0 Å². The fourth-order valence-corrected chi connectivity index (χ4v) is 2.23. The Morgan fingerprint density at radius 1 is 1.57 bits per heavy atom. The maximum atomic E-state index is 5.98. The van der Waals surface area contributed by atoms with E-state index in [9.17, 15) is 0 Å². The zero-order valence-electron chi connectivity index (χ0n) is 8.81. The molecule has 2 N–H and O–H groups in total. The van der Waals surface area contributed by atoms with E-state index < -0.39 is 0 Å². The van der Waals surface area contributed by atoms with Gasteiger partial charge in [0, 0.05) is 18.6 Å². The Labute approximate surface area is 84.9 Å². The van der Waals surface area contributed by atoms with Crippen molar-refractivity contribution < 1.29 is 4.42 Å². The van der Waals surface area contributed by atoms with E-state index in [1.165, 1.54) is 0 Å². The lowest BCUT2D eigenvalue weighted by atomic mass is 10.1. The molecule has 3 nitrogen and oxygen atoms in total. The molecule has 1 fully saturated rings. The number of nitrogens with two attached hydrogens (primary N) is 1. The highest BCUT2D eigenvalue weighted by molar-refractivity contribution is 5.08. The van der Waals surface area contributed by atoms with Gasteiger partial charge >= 0.3 is 0 Å². The van der Waals surface area contributed by atoms with Gasteiger partial charge in [-0.3, -0.25) is 4.90 Å². The minimum absolute atomic E-state index is 0.285. The summed E-state index contributed by atoms with van der Waals surface area (Å²) in [5, 5.41) is 0. The molecule has 0 saturated carbocycles. The molecule has 3 heteroatoms. The normalized spacial score (nSPS) is 28.9. The van der Waals surface area contributed by atoms with Crippen LogP contribution >= 0.6 is 0 Å². The molecule has 1 aliphatic rings. The molecule has 0 amide bonds. The van der Waals surface area contributed by atoms with Crippen molar-refractivity contribution in [2.45, 2.75) is 38.4 Å². The highest BCUT2D eigenvalue weighted by Crippen LogP contribution is 2.32. The van der Waals surface area contributed by atoms with Crippen molar-refractivity contribution in [3.63, 3.8) is 0 Å². The Kier molecular flexibility index (Phi) is 2.61. The standard InChI is InChI=1S/C11H18N2O/c1-8(2)13-7-9(12)6-10(13)11-4-3-5-14-11/h3-5,8-10H,6-7,12H2,1-2H3. The SMILES string of the molecule is CC(C)N1CC(N)CC1c1ccco1. The highest BCUT2D eigenvalue weighted by Gasteiger charge is 2.34. The third-order valence-corrected chi connectivity index (χ3v) is 2.91. The quantitative estimate of drug-likeness (QED) is 0.780. The first-order chi connectivity index (χ1) is 6.68. The minimum Gasteiger partial charge on any atom is -0.468 e. The van der Waals surface area contributed by atoms with Gasteiger partial charge < -0.3 is 10.2 Å². The van der Waals surface area contributed by atoms with Crippen molar-refractivity contribution in [2.75, 3.05) is 6.54 Å². The first-order valence-corrected chi connectivity index (χ1v) is 5.23. The van der Waals surface area contributed by atoms with E-state index in [0.717, 1.165) is 18.7 Å². The molecule has 0 aliphatic carbocycles. The smallest absolute Gasteiger partial charge is 0.120 e. The average Bonchev–Trinajstić information content (AvgIpc) is 2.70. The van der Waals surface area contributed by atoms with Crippen LogP contribution in [0.15, 0.2) is 22.8 Å². The van der Waals surface area contributed by atoms with E-state index in [-0.39, 0.29) is 6.04 Å². The number of rotatable bonds is 2. The largest absolute Gasteiger partial charge is 0.468 e. The summed E-state index contributed by atoms with van der Waals surface area (Å²) in [4.78, 5) is 2.41. The second-order valence-electron chi connectivity index (χ2n) is 4.32. The molecule has 0 aromatic carbocycles. The molecule has 1 aromatic rings. The number of hydrogen-bond donors (Lipinski definition) is 1. The van der Waals surface area contributed by atoms with Gasteiger partial charge in [0.2, 0.25) is 0 Å². The van der Waals surface area contributed by atoms with Gasteiger partial charge in [-0.15, -0.1) is 0 Å². The summed E-state index contributed by atoms with van der Waals surface area (Å²) in [6.45, 7) is 5.38. The minimum atomic E-state index is 0.285. The Morgan fingerprint density at radius 2 is 2.36 bits per heavy atom. The maximum Gasteiger partial charge on any atom is 0.120 e. The summed E-state index contributed by atoms with van der Waals surface area (Å²) in [6, 6.07) is 5.17. The van der Waals surface area contributed by atoms with Gasteiger partial charge in [-0.2, -0.15) is 0 Å². The Morgan fingerprint density at radius 3 is 2.93 bits per heavy atom. The van der Waals surface area contributed by atoms with E-state index in [2.05, 4.69) is 18.7 Å². The van der Waals surface area contributed by atoms with Gasteiger partial charge in [-0.05, 0) is 32.4 Å². The fourth-order valence-electron chi connectivity index (χ4n) is 2.23. The van der Waals surface area contributed by atoms with Crippen LogP contribution in [0.2, 0.25) is 0 Å². The zero-order valence-corrected chi connectivity index (χ0v) is 8.81. The van der Waals surface area contributed by atoms with Crippen LogP contribution in [0.3, 0.4) is 0 Å². The van der Waals surface area contributed by atoms with Gasteiger partial charge in [0.05, 0.1) is 12.3 Å². The lowest BCUT2D eigenvalue weighted by Gasteiger charge is -2.26. The van der Waals surface area contributed by atoms with Crippen molar-refractivity contribution in [2.24, 2.45) is 5.73 Å². The van der Waals surface area contributed by atoms with Gasteiger partial charge in [-0.1, -0.05) is 0 Å². The molecule has 1 aliphatic heterocycles. The van der Waals surface area contributed by atoms with E-state index in [0.29, 0.717) is 12.1 Å². The van der Waals surface area contributed by atoms with Crippen LogP contribution in [-0.2, 0) is 0 Å². The Bertz CT molecular complexity index is 281. The maximum absolute atomic E-state index is 5.98. The van der Waals surface area contributed by atoms with Crippen molar-refractivity contribution in [3.05, 3.63) is 24.2 Å². The molecule has 2 unspecified atom stereocenters. The Hall–Kier alpha value is -0.800. The highest BCUT2D eigenvalue weighted by atomic mass is 16.3. The predicted octanol–water partition coefficient (Wildman–Crippen LogP) is 1.76. The predicted molar refractivity (Wildman–Crippen MR) is 55.9 cm³/mol. The van der Waals surface area contributed by atoms with Gasteiger partial charge in [0.1, 0.15) is 5.76 Å². The first kappa shape index (κ1) is 9.74. The van der Waals surface area contributed by atoms with Crippen LogP contribution in [0.1, 0.15) is 32.1 Å². The van der Waals surface area contributed by atoms with Crippen molar-refractivity contribution in [3.8, 4) is 0 Å².